The number of ether oxygens (including phenoxy) is 2. The molecule has 1 aliphatic carbocycles. The van der Waals surface area contributed by atoms with Crippen LogP contribution in [-0.2, 0) is 0 Å². The van der Waals surface area contributed by atoms with Crippen LogP contribution in [0.3, 0.4) is 0 Å². The summed E-state index contributed by atoms with van der Waals surface area (Å²) in [6.45, 7) is 1.76. The molecule has 1 heterocycles. The fraction of sp³-hybridized carbons (Fsp3) is 0.500. The first-order valence-electron chi connectivity index (χ1n) is 6.30. The maximum absolute atomic E-state index is 11.8. The molecular formula is C14H17NO3. The Hall–Kier alpha value is -1.55. The molecule has 2 aliphatic rings. The quantitative estimate of drug-likeness (QED) is 0.825. The lowest BCUT2D eigenvalue weighted by molar-refractivity contribution is 0.0993. The van der Waals surface area contributed by atoms with Crippen LogP contribution in [0, 0.1) is 5.41 Å². The van der Waals surface area contributed by atoms with Crippen LogP contribution < -0.4 is 14.8 Å². The Morgan fingerprint density at radius 2 is 2.00 bits per heavy atom. The highest BCUT2D eigenvalue weighted by Gasteiger charge is 2.46. The lowest BCUT2D eigenvalue weighted by Crippen LogP contribution is -2.18. The van der Waals surface area contributed by atoms with Gasteiger partial charge < -0.3 is 14.8 Å². The molecule has 18 heavy (non-hydrogen) atoms. The summed E-state index contributed by atoms with van der Waals surface area (Å²) in [5, 5.41) is 2.86. The predicted molar refractivity (Wildman–Crippen MR) is 67.4 cm³/mol. The smallest absolute Gasteiger partial charge is 0.176 e. The van der Waals surface area contributed by atoms with Crippen molar-refractivity contribution in [1.82, 2.24) is 5.32 Å². The number of carbonyl (C=O) groups excluding carboxylic acids is 1. The van der Waals surface area contributed by atoms with Gasteiger partial charge >= 0.3 is 0 Å². The number of nitrogens with one attached hydrogen (secondary N) is 1. The lowest BCUT2D eigenvalue weighted by atomic mass is 10.1. The van der Waals surface area contributed by atoms with Crippen molar-refractivity contribution >= 4 is 5.78 Å². The second-order valence-corrected chi connectivity index (χ2v) is 5.19. The van der Waals surface area contributed by atoms with Gasteiger partial charge in [0, 0.05) is 11.0 Å². The van der Waals surface area contributed by atoms with Crippen LogP contribution in [0.15, 0.2) is 18.2 Å². The molecule has 4 nitrogen and oxygen atoms in total. The molecule has 0 unspecified atom stereocenters. The van der Waals surface area contributed by atoms with E-state index >= 15 is 0 Å². The lowest BCUT2D eigenvalue weighted by Gasteiger charge is -2.09. The molecule has 0 saturated heterocycles. The molecule has 0 atom stereocenters. The fourth-order valence-electron chi connectivity index (χ4n) is 2.14. The third kappa shape index (κ3) is 2.08. The molecule has 0 bridgehead atoms. The summed E-state index contributed by atoms with van der Waals surface area (Å²) in [7, 11) is 1.76. The normalized spacial score (nSPS) is 19.4. The summed E-state index contributed by atoms with van der Waals surface area (Å²) in [5.74, 6) is 1.51. The van der Waals surface area contributed by atoms with Crippen molar-refractivity contribution in [3.05, 3.63) is 23.8 Å². The summed E-state index contributed by atoms with van der Waals surface area (Å²) in [5.41, 5.74) is 0.896. The third-order valence-electron chi connectivity index (χ3n) is 3.63. The average Bonchev–Trinajstić information content (AvgIpc) is 3.17. The maximum Gasteiger partial charge on any atom is 0.176 e. The van der Waals surface area contributed by atoms with Gasteiger partial charge in [0.2, 0.25) is 0 Å². The van der Waals surface area contributed by atoms with Gasteiger partial charge in [-0.05, 0) is 38.1 Å². The zero-order valence-electron chi connectivity index (χ0n) is 10.5. The molecule has 1 aromatic rings. The number of carbonyl (C=O) groups is 1. The minimum absolute atomic E-state index is 0.0642. The molecule has 1 N–H and O–H groups in total. The van der Waals surface area contributed by atoms with Crippen molar-refractivity contribution in [3.63, 3.8) is 0 Å². The van der Waals surface area contributed by atoms with Crippen molar-refractivity contribution in [2.75, 3.05) is 26.8 Å². The van der Waals surface area contributed by atoms with Gasteiger partial charge in [-0.15, -0.1) is 0 Å². The predicted octanol–water partition coefficient (Wildman–Crippen LogP) is 1.64. The first-order valence-corrected chi connectivity index (χ1v) is 6.30. The average molecular weight is 247 g/mol. The third-order valence-corrected chi connectivity index (χ3v) is 3.63. The van der Waals surface area contributed by atoms with Crippen LogP contribution in [-0.4, -0.2) is 32.6 Å². The molecule has 4 heteroatoms. The Morgan fingerprint density at radius 1 is 1.28 bits per heavy atom. The second kappa shape index (κ2) is 4.28. The van der Waals surface area contributed by atoms with Gasteiger partial charge in [-0.3, -0.25) is 4.79 Å². The Morgan fingerprint density at radius 3 is 2.67 bits per heavy atom. The number of likely N-dealkylation sites (N-methyl/N-ethyl adjacent to an activating group) is 1. The van der Waals surface area contributed by atoms with Gasteiger partial charge in [-0.25, -0.2) is 0 Å². The Balaban J connectivity index is 1.82. The topological polar surface area (TPSA) is 47.6 Å². The molecular weight excluding hydrogens is 230 g/mol. The van der Waals surface area contributed by atoms with Crippen molar-refractivity contribution < 1.29 is 14.3 Å². The van der Waals surface area contributed by atoms with Gasteiger partial charge in [-0.2, -0.15) is 0 Å². The van der Waals surface area contributed by atoms with Crippen molar-refractivity contribution in [2.45, 2.75) is 12.8 Å². The standard InChI is InChI=1S/C14H17NO3/c1-15-7-11(16)10-2-3-12-13(6-10)18-9-14(4-5-14)8-17-12/h2-3,6,15H,4-5,7-9H2,1H3. The highest BCUT2D eigenvalue weighted by atomic mass is 16.5. The summed E-state index contributed by atoms with van der Waals surface area (Å²) in [4.78, 5) is 11.8. The summed E-state index contributed by atoms with van der Waals surface area (Å²) in [6.07, 6.45) is 2.35. The van der Waals surface area contributed by atoms with E-state index in [9.17, 15) is 4.79 Å². The molecule has 1 aromatic carbocycles. The van der Waals surface area contributed by atoms with E-state index < -0.39 is 0 Å². The van der Waals surface area contributed by atoms with Crippen LogP contribution in [0.1, 0.15) is 23.2 Å². The molecule has 1 saturated carbocycles. The van der Waals surface area contributed by atoms with Crippen LogP contribution >= 0.6 is 0 Å². The Bertz CT molecular complexity index is 480. The molecule has 96 valence electrons. The number of fused-ring (bicyclic) bond motifs is 1. The number of rotatable bonds is 3. The van der Waals surface area contributed by atoms with E-state index in [1.54, 1.807) is 19.2 Å². The van der Waals surface area contributed by atoms with Crippen molar-refractivity contribution in [2.24, 2.45) is 5.41 Å². The number of Topliss-reactive ketones (excluding diaryl/α,β-unsaturated/α-hetero) is 1. The van der Waals surface area contributed by atoms with E-state index in [1.807, 2.05) is 6.07 Å². The molecule has 0 amide bonds. The molecule has 0 aromatic heterocycles. The van der Waals surface area contributed by atoms with E-state index in [-0.39, 0.29) is 11.2 Å². The largest absolute Gasteiger partial charge is 0.489 e. The monoisotopic (exact) mass is 247 g/mol. The van der Waals surface area contributed by atoms with Gasteiger partial charge in [0.05, 0.1) is 19.8 Å². The zero-order valence-corrected chi connectivity index (χ0v) is 10.5. The van der Waals surface area contributed by atoms with Gasteiger partial charge in [0.25, 0.3) is 0 Å². The number of hydrogen-bond donors (Lipinski definition) is 1. The maximum atomic E-state index is 11.8. The summed E-state index contributed by atoms with van der Waals surface area (Å²) < 4.78 is 11.6. The second-order valence-electron chi connectivity index (χ2n) is 5.19. The van der Waals surface area contributed by atoms with E-state index in [1.165, 1.54) is 12.8 Å². The minimum atomic E-state index is 0.0642. The van der Waals surface area contributed by atoms with Crippen molar-refractivity contribution in [1.29, 1.82) is 0 Å². The van der Waals surface area contributed by atoms with Crippen molar-refractivity contribution in [3.8, 4) is 11.5 Å². The highest BCUT2D eigenvalue weighted by molar-refractivity contribution is 5.98. The molecule has 1 aliphatic heterocycles. The molecule has 0 radical (unpaired) electrons. The Labute approximate surface area is 106 Å². The first-order chi connectivity index (χ1) is 8.72. The first kappa shape index (κ1) is 11.5. The summed E-state index contributed by atoms with van der Waals surface area (Å²) >= 11 is 0. The van der Waals surface area contributed by atoms with Gasteiger partial charge in [-0.1, -0.05) is 0 Å². The van der Waals surface area contributed by atoms with E-state index in [2.05, 4.69) is 5.32 Å². The number of hydrogen-bond acceptors (Lipinski definition) is 4. The Kier molecular flexibility index (Phi) is 2.74. The van der Waals surface area contributed by atoms with E-state index in [0.717, 1.165) is 12.4 Å². The number of ketones is 1. The SMILES string of the molecule is CNCC(=O)c1ccc2c(c1)OCC1(CC1)CO2. The van der Waals surface area contributed by atoms with Gasteiger partial charge in [0.1, 0.15) is 0 Å². The molecule has 1 fully saturated rings. The van der Waals surface area contributed by atoms with Gasteiger partial charge in [0.15, 0.2) is 17.3 Å². The molecule has 3 rings (SSSR count). The van der Waals surface area contributed by atoms with E-state index in [4.69, 9.17) is 9.47 Å². The summed E-state index contributed by atoms with van der Waals surface area (Å²) in [6, 6.07) is 5.42. The van der Waals surface area contributed by atoms with E-state index in [0.29, 0.717) is 24.5 Å². The van der Waals surface area contributed by atoms with Crippen LogP contribution in [0.25, 0.3) is 0 Å². The number of benzene rings is 1. The minimum Gasteiger partial charge on any atom is -0.489 e. The highest BCUT2D eigenvalue weighted by Crippen LogP contribution is 2.49. The zero-order chi connectivity index (χ0) is 12.6. The van der Waals surface area contributed by atoms with Crippen LogP contribution in [0.5, 0.6) is 11.5 Å². The van der Waals surface area contributed by atoms with Crippen LogP contribution in [0.4, 0.5) is 0 Å². The van der Waals surface area contributed by atoms with Crippen LogP contribution in [0.2, 0.25) is 0 Å². The molecule has 1 spiro atoms. The fourth-order valence-corrected chi connectivity index (χ4v) is 2.14.